The van der Waals surface area contributed by atoms with Gasteiger partial charge in [0.15, 0.2) is 0 Å². The predicted octanol–water partition coefficient (Wildman–Crippen LogP) is 1.12. The average molecular weight is 297 g/mol. The van der Waals surface area contributed by atoms with E-state index in [9.17, 15) is 4.79 Å². The maximum Gasteiger partial charge on any atom is 0.237 e. The van der Waals surface area contributed by atoms with Gasteiger partial charge in [-0.05, 0) is 58.9 Å². The van der Waals surface area contributed by atoms with Crippen molar-refractivity contribution >= 4 is 5.91 Å². The topological polar surface area (TPSA) is 67.6 Å². The van der Waals surface area contributed by atoms with Crippen LogP contribution in [0.3, 0.4) is 0 Å². The minimum Gasteiger partial charge on any atom is -0.380 e. The van der Waals surface area contributed by atoms with Gasteiger partial charge in [0.2, 0.25) is 5.91 Å². The maximum absolute atomic E-state index is 11.8. The fourth-order valence-corrected chi connectivity index (χ4v) is 2.62. The lowest BCUT2D eigenvalue weighted by Gasteiger charge is -2.34. The number of likely N-dealkylation sites (N-methyl/N-ethyl adjacent to an activating group) is 1. The molecule has 2 aliphatic carbocycles. The van der Waals surface area contributed by atoms with Crippen molar-refractivity contribution < 1.29 is 9.53 Å². The van der Waals surface area contributed by atoms with Gasteiger partial charge in [0.05, 0.1) is 12.1 Å². The summed E-state index contributed by atoms with van der Waals surface area (Å²) in [6.45, 7) is 6.65. The Morgan fingerprint density at radius 3 is 2.62 bits per heavy atom. The Morgan fingerprint density at radius 1 is 1.43 bits per heavy atom. The largest absolute Gasteiger partial charge is 0.380 e. The van der Waals surface area contributed by atoms with Gasteiger partial charge in [-0.1, -0.05) is 0 Å². The summed E-state index contributed by atoms with van der Waals surface area (Å²) >= 11 is 0. The molecule has 2 aliphatic rings. The average Bonchev–Trinajstić information content (AvgIpc) is 3.28. The second-order valence-corrected chi connectivity index (χ2v) is 7.17. The Balaban J connectivity index is 1.70. The fraction of sp³-hybridized carbons (Fsp3) is 0.938. The van der Waals surface area contributed by atoms with Crippen LogP contribution in [0.15, 0.2) is 0 Å². The van der Waals surface area contributed by atoms with Crippen LogP contribution >= 0.6 is 0 Å². The molecule has 0 heterocycles. The summed E-state index contributed by atoms with van der Waals surface area (Å²) in [6.07, 6.45) is 5.70. The maximum atomic E-state index is 11.8. The predicted molar refractivity (Wildman–Crippen MR) is 84.0 cm³/mol. The van der Waals surface area contributed by atoms with Gasteiger partial charge >= 0.3 is 0 Å². The first-order valence-electron chi connectivity index (χ1n) is 8.26. The number of nitrogens with zero attached hydrogens (tertiary/aromatic N) is 1. The van der Waals surface area contributed by atoms with E-state index in [1.54, 1.807) is 0 Å². The van der Waals surface area contributed by atoms with E-state index in [0.29, 0.717) is 12.1 Å². The molecule has 3 N–H and O–H groups in total. The third-order valence-electron chi connectivity index (χ3n) is 4.74. The normalized spacial score (nSPS) is 23.0. The molecule has 2 rings (SSSR count). The molecule has 122 valence electrons. The highest BCUT2D eigenvalue weighted by molar-refractivity contribution is 5.84. The number of hydrogen-bond acceptors (Lipinski definition) is 4. The van der Waals surface area contributed by atoms with Gasteiger partial charge in [-0.25, -0.2) is 0 Å². The van der Waals surface area contributed by atoms with Gasteiger partial charge in [-0.3, -0.25) is 4.79 Å². The molecule has 0 saturated heterocycles. The van der Waals surface area contributed by atoms with Crippen LogP contribution in [0.5, 0.6) is 0 Å². The van der Waals surface area contributed by atoms with Gasteiger partial charge < -0.3 is 20.7 Å². The number of primary amides is 1. The molecule has 0 aromatic heterocycles. The third-order valence-corrected chi connectivity index (χ3v) is 4.74. The van der Waals surface area contributed by atoms with Gasteiger partial charge in [-0.2, -0.15) is 0 Å². The van der Waals surface area contributed by atoms with Crippen LogP contribution in [0.4, 0.5) is 0 Å². The van der Waals surface area contributed by atoms with Gasteiger partial charge in [0.25, 0.3) is 0 Å². The SMILES string of the molecule is CC(CC(C)(NC1CC1)C(N)=O)N(C)CCOCC1CC1. The highest BCUT2D eigenvalue weighted by atomic mass is 16.5. The quantitative estimate of drug-likeness (QED) is 0.561. The Labute approximate surface area is 128 Å². The summed E-state index contributed by atoms with van der Waals surface area (Å²) in [7, 11) is 2.09. The van der Waals surface area contributed by atoms with Crippen molar-refractivity contribution in [2.75, 3.05) is 26.8 Å². The van der Waals surface area contributed by atoms with E-state index < -0.39 is 5.54 Å². The van der Waals surface area contributed by atoms with E-state index in [4.69, 9.17) is 10.5 Å². The molecule has 2 unspecified atom stereocenters. The van der Waals surface area contributed by atoms with Crippen LogP contribution in [0.25, 0.3) is 0 Å². The van der Waals surface area contributed by atoms with Crippen LogP contribution in [0, 0.1) is 5.92 Å². The molecule has 0 bridgehead atoms. The number of nitrogens with one attached hydrogen (secondary N) is 1. The van der Waals surface area contributed by atoms with E-state index >= 15 is 0 Å². The minimum atomic E-state index is -0.607. The highest BCUT2D eigenvalue weighted by Crippen LogP contribution is 2.28. The van der Waals surface area contributed by atoms with Crippen LogP contribution in [-0.4, -0.2) is 55.2 Å². The first kappa shape index (κ1) is 16.7. The number of hydrogen-bond donors (Lipinski definition) is 2. The number of carbonyl (C=O) groups is 1. The van der Waals surface area contributed by atoms with Crippen molar-refractivity contribution in [2.45, 2.75) is 63.6 Å². The monoisotopic (exact) mass is 297 g/mol. The van der Waals surface area contributed by atoms with Crippen LogP contribution < -0.4 is 11.1 Å². The number of nitrogens with two attached hydrogens (primary N) is 1. The summed E-state index contributed by atoms with van der Waals surface area (Å²) in [6, 6.07) is 0.764. The number of ether oxygens (including phenoxy) is 1. The number of amides is 1. The molecule has 2 atom stereocenters. The van der Waals surface area contributed by atoms with Crippen molar-refractivity contribution in [2.24, 2.45) is 11.7 Å². The van der Waals surface area contributed by atoms with E-state index in [1.807, 2.05) is 6.92 Å². The zero-order valence-electron chi connectivity index (χ0n) is 13.7. The van der Waals surface area contributed by atoms with Crippen molar-refractivity contribution in [3.05, 3.63) is 0 Å². The molecule has 0 spiro atoms. The summed E-state index contributed by atoms with van der Waals surface area (Å²) in [5.41, 5.74) is 5.01. The third kappa shape index (κ3) is 5.57. The Bertz CT molecular complexity index is 355. The minimum absolute atomic E-state index is 0.250. The van der Waals surface area contributed by atoms with E-state index in [-0.39, 0.29) is 5.91 Å². The fourth-order valence-electron chi connectivity index (χ4n) is 2.62. The van der Waals surface area contributed by atoms with Crippen molar-refractivity contribution in [1.82, 2.24) is 10.2 Å². The Kier molecular flexibility index (Phi) is 5.63. The molecular weight excluding hydrogens is 266 g/mol. The lowest BCUT2D eigenvalue weighted by atomic mass is 9.92. The molecule has 1 amide bonds. The summed E-state index contributed by atoms with van der Waals surface area (Å²) in [5, 5.41) is 3.41. The Morgan fingerprint density at radius 2 is 2.10 bits per heavy atom. The molecule has 5 nitrogen and oxygen atoms in total. The molecule has 2 saturated carbocycles. The number of carbonyl (C=O) groups excluding carboxylic acids is 1. The summed E-state index contributed by atoms with van der Waals surface area (Å²) in [5.74, 6) is 0.563. The van der Waals surface area contributed by atoms with Crippen LogP contribution in [-0.2, 0) is 9.53 Å². The lowest BCUT2D eigenvalue weighted by Crippen LogP contribution is -2.57. The molecule has 0 aromatic carbocycles. The van der Waals surface area contributed by atoms with Gasteiger partial charge in [0, 0.05) is 25.2 Å². The van der Waals surface area contributed by atoms with E-state index in [0.717, 1.165) is 44.9 Å². The summed E-state index contributed by atoms with van der Waals surface area (Å²) in [4.78, 5) is 14.1. The second kappa shape index (κ2) is 7.07. The first-order valence-corrected chi connectivity index (χ1v) is 8.26. The molecule has 0 aromatic rings. The smallest absolute Gasteiger partial charge is 0.237 e. The van der Waals surface area contributed by atoms with Crippen molar-refractivity contribution in [1.29, 1.82) is 0 Å². The first-order chi connectivity index (χ1) is 9.90. The zero-order valence-corrected chi connectivity index (χ0v) is 13.7. The van der Waals surface area contributed by atoms with Gasteiger partial charge in [0.1, 0.15) is 0 Å². The molecule has 21 heavy (non-hydrogen) atoms. The van der Waals surface area contributed by atoms with Crippen molar-refractivity contribution in [3.63, 3.8) is 0 Å². The van der Waals surface area contributed by atoms with Crippen LogP contribution in [0.2, 0.25) is 0 Å². The van der Waals surface area contributed by atoms with E-state index in [2.05, 4.69) is 24.2 Å². The molecule has 0 aliphatic heterocycles. The zero-order chi connectivity index (χ0) is 15.5. The van der Waals surface area contributed by atoms with E-state index in [1.165, 1.54) is 12.8 Å². The number of rotatable bonds is 11. The lowest BCUT2D eigenvalue weighted by molar-refractivity contribution is -0.124. The molecule has 0 radical (unpaired) electrons. The summed E-state index contributed by atoms with van der Waals surface area (Å²) < 4.78 is 5.68. The molecule has 5 heteroatoms. The standard InChI is InChI=1S/C16H31N3O2/c1-12(19(3)8-9-21-11-13-4-5-13)10-16(2,15(17)20)18-14-6-7-14/h12-14,18H,4-11H2,1-3H3,(H2,17,20). The second-order valence-electron chi connectivity index (χ2n) is 7.17. The van der Waals surface area contributed by atoms with Gasteiger partial charge in [-0.15, -0.1) is 0 Å². The highest BCUT2D eigenvalue weighted by Gasteiger charge is 2.38. The van der Waals surface area contributed by atoms with Crippen LogP contribution in [0.1, 0.15) is 46.0 Å². The Hall–Kier alpha value is -0.650. The van der Waals surface area contributed by atoms with Crippen molar-refractivity contribution in [3.8, 4) is 0 Å². The molecular formula is C16H31N3O2. The molecule has 2 fully saturated rings.